The van der Waals surface area contributed by atoms with E-state index >= 15 is 0 Å². The molecule has 7 nitrogen and oxygen atoms in total. The highest BCUT2D eigenvalue weighted by Gasteiger charge is 2.28. The normalized spacial score (nSPS) is 17.1. The van der Waals surface area contributed by atoms with Crippen LogP contribution in [0.5, 0.6) is 5.75 Å². The molecule has 1 aliphatic carbocycles. The first-order valence-electron chi connectivity index (χ1n) is 11.4. The van der Waals surface area contributed by atoms with E-state index in [2.05, 4.69) is 14.8 Å². The molecule has 0 unspecified atom stereocenters. The van der Waals surface area contributed by atoms with Crippen LogP contribution < -0.4 is 10.5 Å². The maximum atomic E-state index is 14.3. The predicted octanol–water partition coefficient (Wildman–Crippen LogP) is 5.40. The Kier molecular flexibility index (Phi) is 4.88. The van der Waals surface area contributed by atoms with Gasteiger partial charge in [-0.05, 0) is 56.9 Å². The Labute approximate surface area is 201 Å². The number of fused-ring (bicyclic) bond motifs is 7. The molecule has 1 aliphatic heterocycles. The highest BCUT2D eigenvalue weighted by Crippen LogP contribution is 2.39. The number of aryl methyl sites for hydroxylation is 1. The number of pyridine rings is 1. The topological polar surface area (TPSA) is 83.8 Å². The zero-order chi connectivity index (χ0) is 23.6. The third-order valence-electron chi connectivity index (χ3n) is 6.62. The number of ether oxygens (including phenoxy) is 1. The second kappa shape index (κ2) is 7.84. The van der Waals surface area contributed by atoms with Crippen molar-refractivity contribution in [2.75, 3.05) is 5.73 Å². The van der Waals surface area contributed by atoms with Crippen LogP contribution in [-0.2, 0) is 13.1 Å². The molecule has 0 spiro atoms. The fraction of sp³-hybridized carbons (Fsp3) is 0.320. The van der Waals surface area contributed by atoms with Gasteiger partial charge in [0.15, 0.2) is 16.7 Å². The van der Waals surface area contributed by atoms with E-state index in [1.165, 1.54) is 25.0 Å². The first-order chi connectivity index (χ1) is 16.4. The first-order valence-corrected chi connectivity index (χ1v) is 11.8. The number of anilines is 1. The molecular weight excluding hydrogens is 455 g/mol. The second-order valence-corrected chi connectivity index (χ2v) is 9.53. The van der Waals surface area contributed by atoms with Crippen molar-refractivity contribution >= 4 is 17.4 Å². The molecular formula is C25H24ClFN6O. The van der Waals surface area contributed by atoms with Gasteiger partial charge in [-0.15, -0.1) is 0 Å². The van der Waals surface area contributed by atoms with E-state index in [4.69, 9.17) is 27.2 Å². The molecule has 3 aromatic heterocycles. The number of hydrogen-bond donors (Lipinski definition) is 1. The van der Waals surface area contributed by atoms with Crippen LogP contribution in [0.3, 0.4) is 0 Å². The highest BCUT2D eigenvalue weighted by molar-refractivity contribution is 6.29. The Morgan fingerprint density at radius 3 is 2.82 bits per heavy atom. The van der Waals surface area contributed by atoms with Gasteiger partial charge in [-0.1, -0.05) is 11.6 Å². The van der Waals surface area contributed by atoms with Crippen LogP contribution in [0.2, 0.25) is 5.15 Å². The molecule has 1 aromatic carbocycles. The standard InChI is InChI=1S/C25H24ClFN6O/c1-13-20-12-32-21(9-23(26)31-32)18-6-5-17(27)8-19(18)14(2)34-22-7-16(10-29-25(22)28)24(20)33(30-13)11-15-3-4-15/h5-10,14-15H,3-4,11-12H2,1-2H3,(H2,28,29)/t14-/m1/s1. The Hall–Kier alpha value is -3.39. The van der Waals surface area contributed by atoms with Crippen LogP contribution in [0.15, 0.2) is 36.5 Å². The summed E-state index contributed by atoms with van der Waals surface area (Å²) in [5, 5.41) is 9.82. The summed E-state index contributed by atoms with van der Waals surface area (Å²) in [4.78, 5) is 4.42. The van der Waals surface area contributed by atoms with Crippen LogP contribution in [-0.4, -0.2) is 24.5 Å². The molecule has 4 heterocycles. The Morgan fingerprint density at radius 1 is 1.21 bits per heavy atom. The third kappa shape index (κ3) is 3.62. The zero-order valence-corrected chi connectivity index (χ0v) is 19.7. The summed E-state index contributed by atoms with van der Waals surface area (Å²) in [6.45, 7) is 5.18. The first kappa shape index (κ1) is 21.2. The molecule has 0 radical (unpaired) electrons. The van der Waals surface area contributed by atoms with Crippen molar-refractivity contribution < 1.29 is 9.13 Å². The van der Waals surface area contributed by atoms with Crippen LogP contribution >= 0.6 is 11.6 Å². The summed E-state index contributed by atoms with van der Waals surface area (Å²) >= 11 is 6.38. The Bertz CT molecular complexity index is 1420. The lowest BCUT2D eigenvalue weighted by atomic mass is 9.99. The molecule has 2 bridgehead atoms. The van der Waals surface area contributed by atoms with Crippen LogP contribution in [0, 0.1) is 18.7 Å². The van der Waals surface area contributed by atoms with Crippen molar-refractivity contribution in [2.45, 2.75) is 45.9 Å². The van der Waals surface area contributed by atoms with E-state index in [0.717, 1.165) is 40.3 Å². The summed E-state index contributed by atoms with van der Waals surface area (Å²) < 4.78 is 24.5. The number of nitrogens with zero attached hydrogens (tertiary/aromatic N) is 5. The second-order valence-electron chi connectivity index (χ2n) is 9.15. The van der Waals surface area contributed by atoms with E-state index in [1.807, 2.05) is 24.6 Å². The summed E-state index contributed by atoms with van der Waals surface area (Å²) in [5.41, 5.74) is 12.2. The maximum absolute atomic E-state index is 14.3. The third-order valence-corrected chi connectivity index (χ3v) is 6.81. The van der Waals surface area contributed by atoms with Gasteiger partial charge in [0.1, 0.15) is 11.9 Å². The molecule has 2 N–H and O–H groups in total. The number of halogens is 2. The Balaban J connectivity index is 1.62. The summed E-state index contributed by atoms with van der Waals surface area (Å²) in [6, 6.07) is 8.36. The smallest absolute Gasteiger partial charge is 0.166 e. The van der Waals surface area contributed by atoms with Crippen molar-refractivity contribution in [3.8, 4) is 28.3 Å². The minimum absolute atomic E-state index is 0.283. The van der Waals surface area contributed by atoms with E-state index in [1.54, 1.807) is 18.3 Å². The van der Waals surface area contributed by atoms with Gasteiger partial charge in [-0.25, -0.2) is 9.37 Å². The molecule has 174 valence electrons. The van der Waals surface area contributed by atoms with Gasteiger partial charge in [0.2, 0.25) is 0 Å². The molecule has 1 fully saturated rings. The highest BCUT2D eigenvalue weighted by atomic mass is 35.5. The summed E-state index contributed by atoms with van der Waals surface area (Å²) in [6.07, 6.45) is 3.69. The fourth-order valence-electron chi connectivity index (χ4n) is 4.72. The van der Waals surface area contributed by atoms with Crippen molar-refractivity contribution in [3.63, 3.8) is 0 Å². The number of nitrogens with two attached hydrogens (primary N) is 1. The maximum Gasteiger partial charge on any atom is 0.166 e. The summed E-state index contributed by atoms with van der Waals surface area (Å²) in [5.74, 6) is 1.02. The van der Waals surface area contributed by atoms with Crippen LogP contribution in [0.1, 0.15) is 42.7 Å². The van der Waals surface area contributed by atoms with Gasteiger partial charge in [0.25, 0.3) is 0 Å². The minimum atomic E-state index is -0.496. The molecule has 4 aromatic rings. The predicted molar refractivity (Wildman–Crippen MR) is 128 cm³/mol. The van der Waals surface area contributed by atoms with Crippen LogP contribution in [0.4, 0.5) is 10.2 Å². The van der Waals surface area contributed by atoms with Gasteiger partial charge in [0.05, 0.1) is 23.6 Å². The molecule has 9 heteroatoms. The Morgan fingerprint density at radius 2 is 2.03 bits per heavy atom. The lowest BCUT2D eigenvalue weighted by molar-refractivity contribution is 0.227. The van der Waals surface area contributed by atoms with E-state index < -0.39 is 6.10 Å². The van der Waals surface area contributed by atoms with Crippen molar-refractivity contribution in [3.05, 3.63) is 64.3 Å². The van der Waals surface area contributed by atoms with Crippen molar-refractivity contribution in [1.29, 1.82) is 0 Å². The molecule has 1 saturated carbocycles. The number of rotatable bonds is 2. The molecule has 6 rings (SSSR count). The zero-order valence-electron chi connectivity index (χ0n) is 18.9. The average molecular weight is 479 g/mol. The van der Waals surface area contributed by atoms with Gasteiger partial charge < -0.3 is 10.5 Å². The van der Waals surface area contributed by atoms with Gasteiger partial charge in [0, 0.05) is 41.1 Å². The SMILES string of the molecule is Cc1nn(CC2CC2)c2c1Cn1nc(Cl)cc1-c1ccc(F)cc1[C@@H](C)Oc1cc-2cnc1N. The van der Waals surface area contributed by atoms with Gasteiger partial charge >= 0.3 is 0 Å². The van der Waals surface area contributed by atoms with Gasteiger partial charge in [-0.2, -0.15) is 10.2 Å². The van der Waals surface area contributed by atoms with E-state index in [-0.39, 0.29) is 11.6 Å². The minimum Gasteiger partial charge on any atom is -0.482 e. The number of nitrogen functional groups attached to an aromatic ring is 1. The summed E-state index contributed by atoms with van der Waals surface area (Å²) in [7, 11) is 0. The average Bonchev–Trinajstić information content (AvgIpc) is 3.46. The quantitative estimate of drug-likeness (QED) is 0.417. The lowest BCUT2D eigenvalue weighted by Crippen LogP contribution is -2.12. The largest absolute Gasteiger partial charge is 0.482 e. The molecule has 34 heavy (non-hydrogen) atoms. The molecule has 1 atom stereocenters. The number of hydrogen-bond acceptors (Lipinski definition) is 5. The number of benzene rings is 1. The number of aromatic nitrogens is 5. The van der Waals surface area contributed by atoms with Gasteiger partial charge in [-0.3, -0.25) is 9.36 Å². The molecule has 2 aliphatic rings. The van der Waals surface area contributed by atoms with E-state index in [0.29, 0.717) is 28.9 Å². The lowest BCUT2D eigenvalue weighted by Gasteiger charge is -2.22. The van der Waals surface area contributed by atoms with Crippen molar-refractivity contribution in [2.24, 2.45) is 5.92 Å². The van der Waals surface area contributed by atoms with Crippen molar-refractivity contribution in [1.82, 2.24) is 24.5 Å². The molecule has 0 amide bonds. The monoisotopic (exact) mass is 478 g/mol. The van der Waals surface area contributed by atoms with Crippen LogP contribution in [0.25, 0.3) is 22.5 Å². The fourth-order valence-corrected chi connectivity index (χ4v) is 4.91. The molecule has 0 saturated heterocycles. The van der Waals surface area contributed by atoms with E-state index in [9.17, 15) is 4.39 Å².